The number of carboxylic acids is 1. The number of nitrogens with one attached hydrogen (secondary N) is 1. The summed E-state index contributed by atoms with van der Waals surface area (Å²) < 4.78 is 0. The molecular formula is C13H12N2O3S. The molecule has 1 aromatic heterocycles. The molecule has 1 aromatic carbocycles. The molecule has 6 heteroatoms. The minimum Gasteiger partial charge on any atom is -0.478 e. The highest BCUT2D eigenvalue weighted by Crippen LogP contribution is 2.20. The summed E-state index contributed by atoms with van der Waals surface area (Å²) in [6.07, 6.45) is 0.276. The molecule has 0 aliphatic carbocycles. The number of amides is 1. The third-order valence-corrected chi connectivity index (χ3v) is 3.36. The number of carbonyl (C=O) groups is 2. The molecule has 0 bridgehead atoms. The number of aromatic carboxylic acids is 1. The minimum atomic E-state index is -1.05. The van der Waals surface area contributed by atoms with E-state index >= 15 is 0 Å². The highest BCUT2D eigenvalue weighted by Gasteiger charge is 2.09. The number of nitrogen functional groups attached to an aromatic ring is 1. The van der Waals surface area contributed by atoms with Crippen LogP contribution >= 0.6 is 11.3 Å². The first-order valence-electron chi connectivity index (χ1n) is 5.51. The third kappa shape index (κ3) is 3.32. The predicted octanol–water partition coefficient (Wildman–Crippen LogP) is 2.21. The molecule has 4 N–H and O–H groups in total. The molecule has 0 fully saturated rings. The maximum absolute atomic E-state index is 11.8. The fourth-order valence-electron chi connectivity index (χ4n) is 1.58. The predicted molar refractivity (Wildman–Crippen MR) is 74.5 cm³/mol. The van der Waals surface area contributed by atoms with E-state index in [-0.39, 0.29) is 23.6 Å². The van der Waals surface area contributed by atoms with Crippen molar-refractivity contribution in [3.63, 3.8) is 0 Å². The number of carbonyl (C=O) groups excluding carboxylic acids is 1. The van der Waals surface area contributed by atoms with E-state index in [9.17, 15) is 9.59 Å². The van der Waals surface area contributed by atoms with Crippen molar-refractivity contribution < 1.29 is 14.7 Å². The third-order valence-electron chi connectivity index (χ3n) is 2.49. The van der Waals surface area contributed by atoms with E-state index in [2.05, 4.69) is 5.32 Å². The first-order chi connectivity index (χ1) is 9.06. The Morgan fingerprint density at radius 2 is 2.11 bits per heavy atom. The summed E-state index contributed by atoms with van der Waals surface area (Å²) in [5.41, 5.74) is 6.46. The minimum absolute atomic E-state index is 0.0914. The fraction of sp³-hybridized carbons (Fsp3) is 0.0769. The van der Waals surface area contributed by atoms with Crippen LogP contribution in [0.25, 0.3) is 0 Å². The van der Waals surface area contributed by atoms with E-state index in [4.69, 9.17) is 10.8 Å². The second-order valence-electron chi connectivity index (χ2n) is 3.91. The van der Waals surface area contributed by atoms with Crippen molar-refractivity contribution in [3.8, 4) is 0 Å². The van der Waals surface area contributed by atoms with Gasteiger partial charge < -0.3 is 16.2 Å². The summed E-state index contributed by atoms with van der Waals surface area (Å²) in [5.74, 6) is -1.24. The summed E-state index contributed by atoms with van der Waals surface area (Å²) in [6, 6.07) is 7.97. The molecular weight excluding hydrogens is 264 g/mol. The number of hydrogen-bond donors (Lipinski definition) is 3. The van der Waals surface area contributed by atoms with Crippen molar-refractivity contribution in [2.75, 3.05) is 11.1 Å². The normalized spacial score (nSPS) is 10.1. The standard InChI is InChI=1S/C13H12N2O3S/c14-10-6-8(13(17)18)3-4-11(10)15-12(16)7-9-2-1-5-19-9/h1-6H,7,14H2,(H,15,16)(H,17,18). The molecule has 0 atom stereocenters. The van der Waals surface area contributed by atoms with Gasteiger partial charge in [-0.3, -0.25) is 4.79 Å². The van der Waals surface area contributed by atoms with Gasteiger partial charge in [0.05, 0.1) is 23.4 Å². The van der Waals surface area contributed by atoms with Crippen LogP contribution < -0.4 is 11.1 Å². The van der Waals surface area contributed by atoms with Crippen molar-refractivity contribution in [1.29, 1.82) is 0 Å². The SMILES string of the molecule is Nc1cc(C(=O)O)ccc1NC(=O)Cc1cccs1. The van der Waals surface area contributed by atoms with E-state index in [0.29, 0.717) is 5.69 Å². The number of rotatable bonds is 4. The molecule has 98 valence electrons. The van der Waals surface area contributed by atoms with Gasteiger partial charge in [0.2, 0.25) is 5.91 Å². The zero-order chi connectivity index (χ0) is 13.8. The highest BCUT2D eigenvalue weighted by molar-refractivity contribution is 7.10. The highest BCUT2D eigenvalue weighted by atomic mass is 32.1. The van der Waals surface area contributed by atoms with Crippen LogP contribution in [0, 0.1) is 0 Å². The van der Waals surface area contributed by atoms with Gasteiger partial charge in [-0.1, -0.05) is 6.07 Å². The lowest BCUT2D eigenvalue weighted by Crippen LogP contribution is -2.15. The summed E-state index contributed by atoms with van der Waals surface area (Å²) in [5, 5.41) is 13.4. The maximum atomic E-state index is 11.8. The molecule has 19 heavy (non-hydrogen) atoms. The average molecular weight is 276 g/mol. The lowest BCUT2D eigenvalue weighted by molar-refractivity contribution is -0.115. The summed E-state index contributed by atoms with van der Waals surface area (Å²) in [6.45, 7) is 0. The van der Waals surface area contributed by atoms with Gasteiger partial charge in [0, 0.05) is 4.88 Å². The summed E-state index contributed by atoms with van der Waals surface area (Å²) in [7, 11) is 0. The molecule has 2 aromatic rings. The Kier molecular flexibility index (Phi) is 3.82. The fourth-order valence-corrected chi connectivity index (χ4v) is 2.28. The molecule has 2 rings (SSSR count). The Balaban J connectivity index is 2.07. The monoisotopic (exact) mass is 276 g/mol. The van der Waals surface area contributed by atoms with Gasteiger partial charge in [-0.2, -0.15) is 0 Å². The Morgan fingerprint density at radius 1 is 1.32 bits per heavy atom. The number of benzene rings is 1. The van der Waals surface area contributed by atoms with E-state index in [1.54, 1.807) is 0 Å². The smallest absolute Gasteiger partial charge is 0.335 e. The van der Waals surface area contributed by atoms with Gasteiger partial charge in [-0.25, -0.2) is 4.79 Å². The van der Waals surface area contributed by atoms with Crippen molar-refractivity contribution in [1.82, 2.24) is 0 Å². The quantitative estimate of drug-likeness (QED) is 0.746. The van der Waals surface area contributed by atoms with Crippen LogP contribution in [0.1, 0.15) is 15.2 Å². The number of carboxylic acid groups (broad SMARTS) is 1. The van der Waals surface area contributed by atoms with Gasteiger partial charge in [0.25, 0.3) is 0 Å². The van der Waals surface area contributed by atoms with Crippen molar-refractivity contribution in [2.24, 2.45) is 0 Å². The second-order valence-corrected chi connectivity index (χ2v) is 4.94. The Bertz CT molecular complexity index is 608. The topological polar surface area (TPSA) is 92.4 Å². The maximum Gasteiger partial charge on any atom is 0.335 e. The zero-order valence-electron chi connectivity index (χ0n) is 9.92. The first kappa shape index (κ1) is 13.1. The molecule has 1 heterocycles. The van der Waals surface area contributed by atoms with Crippen LogP contribution in [0.3, 0.4) is 0 Å². The van der Waals surface area contributed by atoms with Gasteiger partial charge in [0.1, 0.15) is 0 Å². The van der Waals surface area contributed by atoms with Crippen LogP contribution in [0.4, 0.5) is 11.4 Å². The lowest BCUT2D eigenvalue weighted by Gasteiger charge is -2.08. The van der Waals surface area contributed by atoms with Crippen LogP contribution in [0.5, 0.6) is 0 Å². The van der Waals surface area contributed by atoms with Crippen molar-refractivity contribution in [2.45, 2.75) is 6.42 Å². The number of thiophene rings is 1. The summed E-state index contributed by atoms with van der Waals surface area (Å²) >= 11 is 1.50. The van der Waals surface area contributed by atoms with Crippen LogP contribution in [0.2, 0.25) is 0 Å². The molecule has 0 saturated heterocycles. The molecule has 0 aliphatic heterocycles. The molecule has 0 spiro atoms. The molecule has 5 nitrogen and oxygen atoms in total. The molecule has 0 saturated carbocycles. The Labute approximate surface area is 113 Å². The van der Waals surface area contributed by atoms with E-state index in [1.165, 1.54) is 29.5 Å². The average Bonchev–Trinajstić information content (AvgIpc) is 2.84. The van der Waals surface area contributed by atoms with Gasteiger partial charge in [0.15, 0.2) is 0 Å². The van der Waals surface area contributed by atoms with E-state index < -0.39 is 5.97 Å². The van der Waals surface area contributed by atoms with Crippen LogP contribution in [-0.2, 0) is 11.2 Å². The number of anilines is 2. The first-order valence-corrected chi connectivity index (χ1v) is 6.39. The van der Waals surface area contributed by atoms with E-state index in [0.717, 1.165) is 4.88 Å². The van der Waals surface area contributed by atoms with Gasteiger partial charge in [-0.05, 0) is 29.6 Å². The van der Waals surface area contributed by atoms with E-state index in [1.807, 2.05) is 17.5 Å². The molecule has 0 aliphatic rings. The van der Waals surface area contributed by atoms with Crippen LogP contribution in [0.15, 0.2) is 35.7 Å². The molecule has 0 unspecified atom stereocenters. The zero-order valence-corrected chi connectivity index (χ0v) is 10.7. The molecule has 0 radical (unpaired) electrons. The van der Waals surface area contributed by atoms with Gasteiger partial charge >= 0.3 is 5.97 Å². The van der Waals surface area contributed by atoms with Gasteiger partial charge in [-0.15, -0.1) is 11.3 Å². The Morgan fingerprint density at radius 3 is 2.68 bits per heavy atom. The summed E-state index contributed by atoms with van der Waals surface area (Å²) in [4.78, 5) is 23.5. The second kappa shape index (κ2) is 5.53. The number of hydrogen-bond acceptors (Lipinski definition) is 4. The van der Waals surface area contributed by atoms with Crippen molar-refractivity contribution >= 4 is 34.6 Å². The van der Waals surface area contributed by atoms with Crippen molar-refractivity contribution in [3.05, 3.63) is 46.2 Å². The molecule has 1 amide bonds. The largest absolute Gasteiger partial charge is 0.478 e. The lowest BCUT2D eigenvalue weighted by atomic mass is 10.1. The Hall–Kier alpha value is -2.34. The number of nitrogens with two attached hydrogens (primary N) is 1. The van der Waals surface area contributed by atoms with Crippen LogP contribution in [-0.4, -0.2) is 17.0 Å².